The highest BCUT2D eigenvalue weighted by Crippen LogP contribution is 2.53. The Morgan fingerprint density at radius 3 is 1.07 bits per heavy atom. The van der Waals surface area contributed by atoms with Gasteiger partial charge in [-0.1, -0.05) is 158 Å². The molecule has 0 fully saturated rings. The highest BCUT2D eigenvalue weighted by molar-refractivity contribution is 7.27. The minimum Gasteiger partial charge on any atom is -0.308 e. The molecule has 6 heteroatoms. The molecule has 12 aromatic carbocycles. The van der Waals surface area contributed by atoms with Gasteiger partial charge in [-0.15, -0.1) is 22.7 Å². The second kappa shape index (κ2) is 16.7. The molecular weight excluding hydrogens is 913 g/mol. The van der Waals surface area contributed by atoms with Crippen LogP contribution in [0.1, 0.15) is 11.1 Å². The lowest BCUT2D eigenvalue weighted by molar-refractivity contribution is 1.31. The van der Waals surface area contributed by atoms with Crippen LogP contribution in [0, 0.1) is 22.7 Å². The van der Waals surface area contributed by atoms with Crippen molar-refractivity contribution in [3.05, 3.63) is 242 Å². The van der Waals surface area contributed by atoms with Crippen molar-refractivity contribution in [3.8, 4) is 34.4 Å². The van der Waals surface area contributed by atoms with Crippen LogP contribution in [0.3, 0.4) is 0 Å². The lowest BCUT2D eigenvalue weighted by atomic mass is 9.91. The Bertz CT molecular complexity index is 4230. The lowest BCUT2D eigenvalue weighted by Crippen LogP contribution is -2.11. The van der Waals surface area contributed by atoms with Crippen molar-refractivity contribution in [2.75, 3.05) is 9.80 Å². The number of nitriles is 2. The van der Waals surface area contributed by atoms with Crippen LogP contribution in [0.5, 0.6) is 0 Å². The van der Waals surface area contributed by atoms with Gasteiger partial charge in [-0.25, -0.2) is 0 Å². The number of hydrogen-bond donors (Lipinski definition) is 0. The quantitative estimate of drug-likeness (QED) is 0.142. The molecule has 334 valence electrons. The van der Waals surface area contributed by atoms with Crippen molar-refractivity contribution in [1.29, 1.82) is 10.5 Å². The second-order valence-corrected chi connectivity index (χ2v) is 20.2. The fourth-order valence-electron chi connectivity index (χ4n) is 11.0. The largest absolute Gasteiger partial charge is 0.308 e. The van der Waals surface area contributed by atoms with Gasteiger partial charge < -0.3 is 9.80 Å². The molecule has 2 heterocycles. The molecule has 4 nitrogen and oxygen atoms in total. The molecule has 0 unspecified atom stereocenters. The first-order valence-corrected chi connectivity index (χ1v) is 25.6. The van der Waals surface area contributed by atoms with Gasteiger partial charge in [0.1, 0.15) is 0 Å². The fourth-order valence-corrected chi connectivity index (χ4v) is 13.7. The smallest absolute Gasteiger partial charge is 0.0991 e. The van der Waals surface area contributed by atoms with Crippen molar-refractivity contribution >= 4 is 129 Å². The van der Waals surface area contributed by atoms with Gasteiger partial charge in [-0.05, 0) is 117 Å². The van der Waals surface area contributed by atoms with Gasteiger partial charge in [0.2, 0.25) is 0 Å². The van der Waals surface area contributed by atoms with Crippen molar-refractivity contribution in [2.45, 2.75) is 0 Å². The number of hydrogen-bond acceptors (Lipinski definition) is 6. The maximum absolute atomic E-state index is 9.93. The Labute approximate surface area is 423 Å². The summed E-state index contributed by atoms with van der Waals surface area (Å²) in [5, 5.41) is 31.7. The van der Waals surface area contributed by atoms with E-state index in [9.17, 15) is 10.5 Å². The molecule has 0 aliphatic rings. The molecule has 0 bridgehead atoms. The molecule has 0 aliphatic carbocycles. The van der Waals surface area contributed by atoms with E-state index in [-0.39, 0.29) is 0 Å². The average Bonchev–Trinajstić information content (AvgIpc) is 4.04. The molecular formula is C66H38N4S2. The Morgan fingerprint density at radius 1 is 0.292 bits per heavy atom. The van der Waals surface area contributed by atoms with E-state index in [4.69, 9.17) is 0 Å². The highest BCUT2D eigenvalue weighted by Gasteiger charge is 2.26. The zero-order valence-electron chi connectivity index (χ0n) is 38.5. The van der Waals surface area contributed by atoms with E-state index in [2.05, 4.69) is 228 Å². The number of anilines is 6. The fraction of sp³-hybridized carbons (Fsp3) is 0. The highest BCUT2D eigenvalue weighted by atomic mass is 32.1. The van der Waals surface area contributed by atoms with E-state index in [1.807, 2.05) is 46.9 Å². The molecule has 14 aromatic rings. The van der Waals surface area contributed by atoms with E-state index >= 15 is 0 Å². The minimum atomic E-state index is 0.615. The van der Waals surface area contributed by atoms with E-state index < -0.39 is 0 Å². The third kappa shape index (κ3) is 6.48. The van der Waals surface area contributed by atoms with Crippen LogP contribution in [-0.4, -0.2) is 0 Å². The number of fused-ring (bicyclic) bond motifs is 6. The SMILES string of the molecule is N#Cc1ccc(N(c2ccc3ccc4c(N(c5ccc(C#N)cc5)c5cccc6c5sc5c(-c7ccccc7)cccc56)ccc5ccc2c3c54)c2cccc3c2sc2c(-c4ccccc4)cccc23)cc1. The van der Waals surface area contributed by atoms with Crippen molar-refractivity contribution in [3.63, 3.8) is 0 Å². The summed E-state index contributed by atoms with van der Waals surface area (Å²) in [7, 11) is 0. The first kappa shape index (κ1) is 41.7. The summed E-state index contributed by atoms with van der Waals surface area (Å²) in [4.78, 5) is 4.78. The third-order valence-corrected chi connectivity index (χ3v) is 16.8. The summed E-state index contributed by atoms with van der Waals surface area (Å²) in [5.41, 5.74) is 12.3. The summed E-state index contributed by atoms with van der Waals surface area (Å²) >= 11 is 3.67. The Morgan fingerprint density at radius 2 is 0.667 bits per heavy atom. The summed E-state index contributed by atoms with van der Waals surface area (Å²) in [6.45, 7) is 0. The summed E-state index contributed by atoms with van der Waals surface area (Å²) < 4.78 is 4.89. The van der Waals surface area contributed by atoms with Gasteiger partial charge in [-0.2, -0.15) is 10.5 Å². The number of benzene rings is 12. The predicted octanol–water partition coefficient (Wildman–Crippen LogP) is 19.3. The molecule has 0 radical (unpaired) electrons. The first-order valence-electron chi connectivity index (χ1n) is 23.9. The average molecular weight is 951 g/mol. The predicted molar refractivity (Wildman–Crippen MR) is 306 cm³/mol. The molecule has 0 amide bonds. The zero-order chi connectivity index (χ0) is 47.9. The molecule has 0 aliphatic heterocycles. The Hall–Kier alpha value is -9.30. The monoisotopic (exact) mass is 950 g/mol. The van der Waals surface area contributed by atoms with Crippen LogP contribution < -0.4 is 9.80 Å². The van der Waals surface area contributed by atoms with Crippen molar-refractivity contribution in [1.82, 2.24) is 0 Å². The number of rotatable bonds is 8. The molecule has 0 atom stereocenters. The summed E-state index contributed by atoms with van der Waals surface area (Å²) in [6.07, 6.45) is 0. The molecule has 0 saturated carbocycles. The number of nitrogens with zero attached hydrogens (tertiary/aromatic N) is 4. The van der Waals surface area contributed by atoms with Gasteiger partial charge in [0, 0.05) is 53.1 Å². The van der Waals surface area contributed by atoms with Crippen LogP contribution in [-0.2, 0) is 0 Å². The lowest BCUT2D eigenvalue weighted by Gasteiger charge is -2.29. The second-order valence-electron chi connectivity index (χ2n) is 18.2. The molecule has 2 aromatic heterocycles. The van der Waals surface area contributed by atoms with Gasteiger partial charge in [0.25, 0.3) is 0 Å². The Kier molecular flexibility index (Phi) is 9.66. The molecule has 0 spiro atoms. The first-order chi connectivity index (χ1) is 35.6. The summed E-state index contributed by atoms with van der Waals surface area (Å²) in [5.74, 6) is 0. The van der Waals surface area contributed by atoms with Crippen LogP contribution in [0.2, 0.25) is 0 Å². The molecule has 0 N–H and O–H groups in total. The van der Waals surface area contributed by atoms with Crippen LogP contribution >= 0.6 is 22.7 Å². The van der Waals surface area contributed by atoms with E-state index in [1.54, 1.807) is 0 Å². The number of thiophene rings is 2. The van der Waals surface area contributed by atoms with Gasteiger partial charge in [-0.3, -0.25) is 0 Å². The van der Waals surface area contributed by atoms with E-state index in [1.165, 1.54) is 73.4 Å². The van der Waals surface area contributed by atoms with Gasteiger partial charge in [0.15, 0.2) is 0 Å². The summed E-state index contributed by atoms with van der Waals surface area (Å²) in [6, 6.07) is 86.7. The van der Waals surface area contributed by atoms with Crippen molar-refractivity contribution in [2.24, 2.45) is 0 Å². The van der Waals surface area contributed by atoms with Gasteiger partial charge >= 0.3 is 0 Å². The van der Waals surface area contributed by atoms with Crippen LogP contribution in [0.4, 0.5) is 34.1 Å². The van der Waals surface area contributed by atoms with Gasteiger partial charge in [0.05, 0.1) is 55.4 Å². The van der Waals surface area contributed by atoms with Crippen molar-refractivity contribution < 1.29 is 0 Å². The minimum absolute atomic E-state index is 0.615. The molecule has 72 heavy (non-hydrogen) atoms. The van der Waals surface area contributed by atoms with E-state index in [0.29, 0.717) is 11.1 Å². The maximum Gasteiger partial charge on any atom is 0.0991 e. The van der Waals surface area contributed by atoms with E-state index in [0.717, 1.165) is 55.7 Å². The molecule has 14 rings (SSSR count). The van der Waals surface area contributed by atoms with Crippen LogP contribution in [0.15, 0.2) is 231 Å². The normalized spacial score (nSPS) is 11.6. The standard InChI is InChI=1S/C66H38N4S2/c67-39-41-23-31-47(32-24-41)69(59-21-9-19-53-51-17-7-15-49(63(51)71-65(53)59)43-11-3-1-4-12-43)57-37-29-45-28-36-56-58(38-30-46-27-35-55(57)61(45)62(46)56)70(48-33-25-42(40-68)26-34-48)60-22-10-20-54-52-18-8-16-50(64(52)72-66(54)60)44-13-5-2-6-14-44/h1-38H. The topological polar surface area (TPSA) is 54.1 Å². The maximum atomic E-state index is 9.93. The van der Waals surface area contributed by atoms with Crippen LogP contribution in [0.25, 0.3) is 94.9 Å². The zero-order valence-corrected chi connectivity index (χ0v) is 40.2. The third-order valence-electron chi connectivity index (χ3n) is 14.3. The Balaban J connectivity index is 1.01. The molecule has 0 saturated heterocycles.